The molecule has 2 aromatic rings. The summed E-state index contributed by atoms with van der Waals surface area (Å²) in [4.78, 5) is 6.72. The summed E-state index contributed by atoms with van der Waals surface area (Å²) in [7, 11) is 0. The van der Waals surface area contributed by atoms with Crippen LogP contribution in [0.4, 0.5) is 5.69 Å². The maximum absolute atomic E-state index is 5.92. The fourth-order valence-electron chi connectivity index (χ4n) is 2.23. The molecule has 1 fully saturated rings. The van der Waals surface area contributed by atoms with Crippen molar-refractivity contribution in [1.82, 2.24) is 4.98 Å². The van der Waals surface area contributed by atoms with Gasteiger partial charge in [-0.1, -0.05) is 11.6 Å². The van der Waals surface area contributed by atoms with Crippen molar-refractivity contribution in [2.75, 3.05) is 18.0 Å². The Kier molecular flexibility index (Phi) is 2.74. The quantitative estimate of drug-likeness (QED) is 0.764. The van der Waals surface area contributed by atoms with E-state index in [1.807, 2.05) is 0 Å². The maximum atomic E-state index is 5.92. The number of halogens is 1. The van der Waals surface area contributed by atoms with Crippen molar-refractivity contribution in [1.29, 1.82) is 0 Å². The third-order valence-electron chi connectivity index (χ3n) is 3.07. The standard InChI is InChI=1S/C12H13ClN2S/c13-12-14-10-5-4-9(8-11(10)16-12)15-6-2-1-3-7-15/h4-5,8H,1-3,6-7H2. The second-order valence-corrected chi connectivity index (χ2v) is 5.78. The highest BCUT2D eigenvalue weighted by atomic mass is 35.5. The second-order valence-electron chi connectivity index (χ2n) is 4.17. The van der Waals surface area contributed by atoms with Crippen molar-refractivity contribution >= 4 is 38.8 Å². The molecule has 0 saturated carbocycles. The van der Waals surface area contributed by atoms with Crippen molar-refractivity contribution in [3.63, 3.8) is 0 Å². The number of hydrogen-bond acceptors (Lipinski definition) is 3. The summed E-state index contributed by atoms with van der Waals surface area (Å²) in [5, 5.41) is 0. The lowest BCUT2D eigenvalue weighted by Crippen LogP contribution is -2.29. The van der Waals surface area contributed by atoms with Crippen LogP contribution in [0.25, 0.3) is 10.2 Å². The van der Waals surface area contributed by atoms with Gasteiger partial charge in [-0.2, -0.15) is 0 Å². The van der Waals surface area contributed by atoms with Gasteiger partial charge in [0.15, 0.2) is 4.47 Å². The third-order valence-corrected chi connectivity index (χ3v) is 4.19. The summed E-state index contributed by atoms with van der Waals surface area (Å²) in [5.41, 5.74) is 2.32. The Morgan fingerprint density at radius 3 is 2.81 bits per heavy atom. The van der Waals surface area contributed by atoms with Crippen molar-refractivity contribution in [3.05, 3.63) is 22.7 Å². The van der Waals surface area contributed by atoms with Gasteiger partial charge in [-0.3, -0.25) is 0 Å². The molecule has 4 heteroatoms. The highest BCUT2D eigenvalue weighted by molar-refractivity contribution is 7.22. The molecule has 0 atom stereocenters. The molecule has 1 saturated heterocycles. The summed E-state index contributed by atoms with van der Waals surface area (Å²) in [5.74, 6) is 0. The van der Waals surface area contributed by atoms with E-state index in [0.29, 0.717) is 4.47 Å². The van der Waals surface area contributed by atoms with Crippen LogP contribution in [-0.2, 0) is 0 Å². The van der Waals surface area contributed by atoms with Gasteiger partial charge in [-0.25, -0.2) is 4.98 Å². The van der Waals surface area contributed by atoms with Crippen LogP contribution in [0.15, 0.2) is 18.2 Å². The van der Waals surface area contributed by atoms with Gasteiger partial charge in [-0.05, 0) is 37.5 Å². The number of aromatic nitrogens is 1. The summed E-state index contributed by atoms with van der Waals surface area (Å²) < 4.78 is 1.82. The number of piperidine rings is 1. The van der Waals surface area contributed by atoms with E-state index >= 15 is 0 Å². The van der Waals surface area contributed by atoms with E-state index in [4.69, 9.17) is 11.6 Å². The average molecular weight is 253 g/mol. The molecule has 1 aromatic carbocycles. The number of anilines is 1. The molecule has 0 N–H and O–H groups in total. The van der Waals surface area contributed by atoms with E-state index in [2.05, 4.69) is 28.1 Å². The minimum absolute atomic E-state index is 0.630. The minimum atomic E-state index is 0.630. The molecule has 0 bridgehead atoms. The first-order valence-electron chi connectivity index (χ1n) is 5.64. The largest absolute Gasteiger partial charge is 0.371 e. The minimum Gasteiger partial charge on any atom is -0.371 e. The Labute approximate surface area is 104 Å². The summed E-state index contributed by atoms with van der Waals surface area (Å²) >= 11 is 7.47. The maximum Gasteiger partial charge on any atom is 0.184 e. The number of fused-ring (bicyclic) bond motifs is 1. The number of rotatable bonds is 1. The van der Waals surface area contributed by atoms with Crippen LogP contribution < -0.4 is 4.90 Å². The Morgan fingerprint density at radius 1 is 1.19 bits per heavy atom. The van der Waals surface area contributed by atoms with E-state index in [0.717, 1.165) is 5.52 Å². The fraction of sp³-hybridized carbons (Fsp3) is 0.417. The Hall–Kier alpha value is -0.800. The van der Waals surface area contributed by atoms with Crippen LogP contribution in [0.1, 0.15) is 19.3 Å². The Balaban J connectivity index is 1.97. The Morgan fingerprint density at radius 2 is 2.00 bits per heavy atom. The first-order valence-corrected chi connectivity index (χ1v) is 6.83. The lowest BCUT2D eigenvalue weighted by Gasteiger charge is -2.28. The van der Waals surface area contributed by atoms with Crippen molar-refractivity contribution in [2.45, 2.75) is 19.3 Å². The van der Waals surface area contributed by atoms with E-state index in [1.165, 1.54) is 42.7 Å². The monoisotopic (exact) mass is 252 g/mol. The van der Waals surface area contributed by atoms with Crippen molar-refractivity contribution < 1.29 is 0 Å². The third kappa shape index (κ3) is 1.89. The zero-order valence-corrected chi connectivity index (χ0v) is 10.5. The molecule has 0 unspecified atom stereocenters. The average Bonchev–Trinajstić information content (AvgIpc) is 2.69. The normalized spacial score (nSPS) is 16.9. The molecular weight excluding hydrogens is 240 g/mol. The van der Waals surface area contributed by atoms with Gasteiger partial charge in [0.2, 0.25) is 0 Å². The summed E-state index contributed by atoms with van der Waals surface area (Å²) in [6.07, 6.45) is 3.98. The second kappa shape index (κ2) is 4.22. The molecule has 0 amide bonds. The topological polar surface area (TPSA) is 16.1 Å². The van der Waals surface area contributed by atoms with Gasteiger partial charge < -0.3 is 4.90 Å². The zero-order chi connectivity index (χ0) is 11.0. The van der Waals surface area contributed by atoms with Gasteiger partial charge in [0.25, 0.3) is 0 Å². The molecule has 0 spiro atoms. The molecule has 1 aliphatic rings. The summed E-state index contributed by atoms with van der Waals surface area (Å²) in [6.45, 7) is 2.36. The molecule has 1 aliphatic heterocycles. The van der Waals surface area contributed by atoms with Crippen molar-refractivity contribution in [2.24, 2.45) is 0 Å². The Bertz CT molecular complexity index is 503. The lowest BCUT2D eigenvalue weighted by molar-refractivity contribution is 0.578. The molecule has 2 heterocycles. The molecule has 1 aromatic heterocycles. The number of benzene rings is 1. The molecular formula is C12H13ClN2S. The smallest absolute Gasteiger partial charge is 0.184 e. The number of nitrogens with zero attached hydrogens (tertiary/aromatic N) is 2. The predicted octanol–water partition coefficient (Wildman–Crippen LogP) is 3.94. The molecule has 2 nitrogen and oxygen atoms in total. The van der Waals surface area contributed by atoms with Gasteiger partial charge in [0.05, 0.1) is 10.2 Å². The van der Waals surface area contributed by atoms with Crippen molar-refractivity contribution in [3.8, 4) is 0 Å². The van der Waals surface area contributed by atoms with Gasteiger partial charge >= 0.3 is 0 Å². The van der Waals surface area contributed by atoms with Gasteiger partial charge in [0.1, 0.15) is 0 Å². The van der Waals surface area contributed by atoms with Gasteiger partial charge in [-0.15, -0.1) is 11.3 Å². The molecule has 16 heavy (non-hydrogen) atoms. The molecule has 3 rings (SSSR count). The first kappa shape index (κ1) is 10.4. The van der Waals surface area contributed by atoms with E-state index in [-0.39, 0.29) is 0 Å². The highest BCUT2D eigenvalue weighted by Gasteiger charge is 2.12. The molecule has 0 aliphatic carbocycles. The van der Waals surface area contributed by atoms with Gasteiger partial charge in [0, 0.05) is 18.8 Å². The van der Waals surface area contributed by atoms with Crippen LogP contribution in [0.2, 0.25) is 4.47 Å². The zero-order valence-electron chi connectivity index (χ0n) is 8.95. The summed E-state index contributed by atoms with van der Waals surface area (Å²) in [6, 6.07) is 6.44. The SMILES string of the molecule is Clc1nc2ccc(N3CCCCC3)cc2s1. The predicted molar refractivity (Wildman–Crippen MR) is 70.7 cm³/mol. The fourth-order valence-corrected chi connectivity index (χ4v) is 3.30. The van der Waals surface area contributed by atoms with Crippen LogP contribution >= 0.6 is 22.9 Å². The van der Waals surface area contributed by atoms with E-state index < -0.39 is 0 Å². The van der Waals surface area contributed by atoms with E-state index in [1.54, 1.807) is 11.3 Å². The number of thiazole rings is 1. The van der Waals surface area contributed by atoms with E-state index in [9.17, 15) is 0 Å². The van der Waals surface area contributed by atoms with Crippen LogP contribution in [0.3, 0.4) is 0 Å². The first-order chi connectivity index (χ1) is 7.83. The number of hydrogen-bond donors (Lipinski definition) is 0. The van der Waals surface area contributed by atoms with Crippen LogP contribution in [-0.4, -0.2) is 18.1 Å². The molecule has 84 valence electrons. The van der Waals surface area contributed by atoms with Crippen LogP contribution in [0, 0.1) is 0 Å². The lowest BCUT2D eigenvalue weighted by atomic mass is 10.1. The molecule has 0 radical (unpaired) electrons. The highest BCUT2D eigenvalue weighted by Crippen LogP contribution is 2.30. The van der Waals surface area contributed by atoms with Crippen LogP contribution in [0.5, 0.6) is 0 Å².